The zero-order valence-corrected chi connectivity index (χ0v) is 13.4. The second-order valence-corrected chi connectivity index (χ2v) is 6.17. The molecule has 1 saturated heterocycles. The minimum atomic E-state index is 0.655. The van der Waals surface area contributed by atoms with Gasteiger partial charge in [0.15, 0.2) is 12.5 Å². The van der Waals surface area contributed by atoms with Crippen LogP contribution in [0, 0.1) is 4.77 Å². The van der Waals surface area contributed by atoms with Crippen LogP contribution < -0.4 is 4.90 Å². The summed E-state index contributed by atoms with van der Waals surface area (Å²) in [6, 6.07) is 8.54. The van der Waals surface area contributed by atoms with Gasteiger partial charge in [0.1, 0.15) is 0 Å². The van der Waals surface area contributed by atoms with Crippen LogP contribution in [0.25, 0.3) is 11.4 Å². The van der Waals surface area contributed by atoms with Gasteiger partial charge in [-0.2, -0.15) is 4.98 Å². The lowest BCUT2D eigenvalue weighted by Crippen LogP contribution is -3.12. The summed E-state index contributed by atoms with van der Waals surface area (Å²) >= 11 is 5.40. The van der Waals surface area contributed by atoms with E-state index in [4.69, 9.17) is 12.2 Å². The Morgan fingerprint density at radius 3 is 2.57 bits per heavy atom. The Bertz CT molecular complexity index is 635. The first-order valence-electron chi connectivity index (χ1n) is 7.86. The van der Waals surface area contributed by atoms with Gasteiger partial charge < -0.3 is 4.90 Å². The summed E-state index contributed by atoms with van der Waals surface area (Å²) in [5.74, 6) is 0.874. The smallest absolute Gasteiger partial charge is 0.221 e. The maximum atomic E-state index is 5.40. The summed E-state index contributed by atoms with van der Waals surface area (Å²) in [4.78, 5) is 6.10. The molecule has 21 heavy (non-hydrogen) atoms. The van der Waals surface area contributed by atoms with Crippen LogP contribution in [0.4, 0.5) is 0 Å². The Kier molecular flexibility index (Phi) is 4.51. The van der Waals surface area contributed by atoms with E-state index in [1.807, 2.05) is 4.68 Å². The van der Waals surface area contributed by atoms with Crippen LogP contribution in [0.3, 0.4) is 0 Å². The Morgan fingerprint density at radius 2 is 1.90 bits per heavy atom. The van der Waals surface area contributed by atoms with Crippen molar-refractivity contribution in [1.29, 1.82) is 0 Å². The zero-order chi connectivity index (χ0) is 14.7. The van der Waals surface area contributed by atoms with E-state index >= 15 is 0 Å². The van der Waals surface area contributed by atoms with Gasteiger partial charge in [-0.15, -0.1) is 0 Å². The largest absolute Gasteiger partial charge is 0.316 e. The summed E-state index contributed by atoms with van der Waals surface area (Å²) < 4.78 is 2.67. The molecule has 1 fully saturated rings. The molecule has 2 N–H and O–H groups in total. The molecule has 0 aliphatic carbocycles. The van der Waals surface area contributed by atoms with E-state index in [-0.39, 0.29) is 0 Å². The van der Waals surface area contributed by atoms with Gasteiger partial charge >= 0.3 is 0 Å². The molecule has 1 aromatic carbocycles. The van der Waals surface area contributed by atoms with Crippen LogP contribution in [0.5, 0.6) is 0 Å². The number of hydrogen-bond donors (Lipinski definition) is 2. The molecular formula is C16H23N4S+. The SMILES string of the molecule is CCc1ccc(-c2nc(=S)n(C[NH+]3CCCCC3)[nH]2)cc1. The van der Waals surface area contributed by atoms with Crippen molar-refractivity contribution >= 4 is 12.2 Å². The minimum absolute atomic E-state index is 0.655. The summed E-state index contributed by atoms with van der Waals surface area (Å²) in [6.45, 7) is 5.54. The van der Waals surface area contributed by atoms with E-state index < -0.39 is 0 Å². The fourth-order valence-electron chi connectivity index (χ4n) is 2.92. The Morgan fingerprint density at radius 1 is 1.19 bits per heavy atom. The molecule has 1 aliphatic heterocycles. The van der Waals surface area contributed by atoms with Crippen molar-refractivity contribution in [3.63, 3.8) is 0 Å². The predicted octanol–water partition coefficient (Wildman–Crippen LogP) is 2.20. The number of piperidine rings is 1. The average Bonchev–Trinajstić information content (AvgIpc) is 2.89. The van der Waals surface area contributed by atoms with Gasteiger partial charge in [-0.05, 0) is 43.5 Å². The molecule has 0 unspecified atom stereocenters. The van der Waals surface area contributed by atoms with Crippen LogP contribution >= 0.6 is 12.2 Å². The number of nitrogens with one attached hydrogen (secondary N) is 2. The molecule has 3 rings (SSSR count). The van der Waals surface area contributed by atoms with Crippen molar-refractivity contribution in [2.75, 3.05) is 13.1 Å². The van der Waals surface area contributed by atoms with Crippen molar-refractivity contribution in [1.82, 2.24) is 14.8 Å². The molecule has 1 aliphatic rings. The second kappa shape index (κ2) is 6.54. The van der Waals surface area contributed by atoms with Crippen molar-refractivity contribution < 1.29 is 4.90 Å². The molecule has 112 valence electrons. The molecular weight excluding hydrogens is 280 g/mol. The minimum Gasteiger partial charge on any atom is -0.316 e. The van der Waals surface area contributed by atoms with Gasteiger partial charge in [0, 0.05) is 5.56 Å². The maximum Gasteiger partial charge on any atom is 0.221 e. The van der Waals surface area contributed by atoms with Crippen molar-refractivity contribution in [2.45, 2.75) is 39.3 Å². The summed E-state index contributed by atoms with van der Waals surface area (Å²) in [6.07, 6.45) is 5.07. The monoisotopic (exact) mass is 303 g/mol. The van der Waals surface area contributed by atoms with E-state index in [1.165, 1.54) is 37.9 Å². The van der Waals surface area contributed by atoms with Gasteiger partial charge in [0.05, 0.1) is 13.1 Å². The van der Waals surface area contributed by atoms with Crippen LogP contribution in [0.2, 0.25) is 0 Å². The molecule has 1 aromatic heterocycles. The van der Waals surface area contributed by atoms with Crippen LogP contribution in [-0.2, 0) is 13.1 Å². The van der Waals surface area contributed by atoms with Crippen molar-refractivity contribution in [3.8, 4) is 11.4 Å². The van der Waals surface area contributed by atoms with Gasteiger partial charge in [0.25, 0.3) is 0 Å². The van der Waals surface area contributed by atoms with E-state index in [9.17, 15) is 0 Å². The number of likely N-dealkylation sites (tertiary alicyclic amines) is 1. The van der Waals surface area contributed by atoms with E-state index in [1.54, 1.807) is 4.90 Å². The molecule has 0 saturated carbocycles. The first-order chi connectivity index (χ1) is 10.3. The number of nitrogens with zero attached hydrogens (tertiary/aromatic N) is 2. The predicted molar refractivity (Wildman–Crippen MR) is 86.8 cm³/mol. The zero-order valence-electron chi connectivity index (χ0n) is 12.6. The van der Waals surface area contributed by atoms with Crippen molar-refractivity contribution in [3.05, 3.63) is 34.6 Å². The molecule has 0 radical (unpaired) electrons. The second-order valence-electron chi connectivity index (χ2n) is 5.80. The Hall–Kier alpha value is -1.46. The molecule has 0 amide bonds. The van der Waals surface area contributed by atoms with Gasteiger partial charge in [0.2, 0.25) is 4.77 Å². The third-order valence-electron chi connectivity index (χ3n) is 4.26. The van der Waals surface area contributed by atoms with Crippen molar-refractivity contribution in [2.24, 2.45) is 0 Å². The van der Waals surface area contributed by atoms with E-state index in [0.717, 1.165) is 24.5 Å². The topological polar surface area (TPSA) is 38.0 Å². The van der Waals surface area contributed by atoms with Gasteiger partial charge in [-0.25, -0.2) is 4.68 Å². The van der Waals surface area contributed by atoms with Crippen LogP contribution in [-0.4, -0.2) is 27.9 Å². The first-order valence-corrected chi connectivity index (χ1v) is 8.27. The fourth-order valence-corrected chi connectivity index (χ4v) is 3.13. The molecule has 2 aromatic rings. The number of quaternary nitrogens is 1. The van der Waals surface area contributed by atoms with Crippen LogP contribution in [0.15, 0.2) is 24.3 Å². The van der Waals surface area contributed by atoms with Gasteiger partial charge in [-0.3, -0.25) is 5.10 Å². The highest BCUT2D eigenvalue weighted by atomic mass is 32.1. The molecule has 0 spiro atoms. The standard InChI is InChI=1S/C16H22N4S/c1-2-13-6-8-14(9-7-13)15-17-16(21)20(18-15)12-19-10-4-3-5-11-19/h6-9H,2-5,10-12H2,1H3,(H,17,18,21)/p+1. The number of benzene rings is 1. The number of aromatic nitrogens is 3. The third-order valence-corrected chi connectivity index (χ3v) is 4.57. The summed E-state index contributed by atoms with van der Waals surface area (Å²) in [5, 5.41) is 3.36. The van der Waals surface area contributed by atoms with E-state index in [2.05, 4.69) is 41.3 Å². The maximum absolute atomic E-state index is 5.40. The molecule has 4 nitrogen and oxygen atoms in total. The summed E-state index contributed by atoms with van der Waals surface area (Å²) in [5.41, 5.74) is 2.44. The average molecular weight is 303 g/mol. The quantitative estimate of drug-likeness (QED) is 0.850. The Balaban J connectivity index is 1.78. The number of hydrogen-bond acceptors (Lipinski definition) is 2. The number of rotatable bonds is 4. The number of H-pyrrole nitrogens is 1. The lowest BCUT2D eigenvalue weighted by atomic mass is 10.1. The molecule has 2 heterocycles. The highest BCUT2D eigenvalue weighted by Crippen LogP contribution is 2.15. The number of aryl methyl sites for hydroxylation is 1. The summed E-state index contributed by atoms with van der Waals surface area (Å²) in [7, 11) is 0. The fraction of sp³-hybridized carbons (Fsp3) is 0.500. The highest BCUT2D eigenvalue weighted by molar-refractivity contribution is 7.71. The Labute approximate surface area is 130 Å². The van der Waals surface area contributed by atoms with Crippen LogP contribution in [0.1, 0.15) is 31.7 Å². The highest BCUT2D eigenvalue weighted by Gasteiger charge is 2.15. The number of aromatic amines is 1. The molecule has 0 bridgehead atoms. The van der Waals surface area contributed by atoms with Gasteiger partial charge in [-0.1, -0.05) is 31.2 Å². The first kappa shape index (κ1) is 14.5. The van der Waals surface area contributed by atoms with E-state index in [0.29, 0.717) is 4.77 Å². The molecule has 5 heteroatoms. The third kappa shape index (κ3) is 3.41. The lowest BCUT2D eigenvalue weighted by molar-refractivity contribution is -0.928. The lowest BCUT2D eigenvalue weighted by Gasteiger charge is -2.23. The normalized spacial score (nSPS) is 16.2. The molecule has 0 atom stereocenters.